The molecule has 5 heteroatoms. The van der Waals surface area contributed by atoms with Crippen LogP contribution < -0.4 is 5.32 Å². The number of rotatable bonds is 0. The molecule has 0 saturated heterocycles. The average Bonchev–Trinajstić information content (AvgIpc) is 2.26. The van der Waals surface area contributed by atoms with Gasteiger partial charge in [-0.15, -0.1) is 0 Å². The van der Waals surface area contributed by atoms with Crippen LogP contribution in [0.3, 0.4) is 0 Å². The van der Waals surface area contributed by atoms with Gasteiger partial charge in [0, 0.05) is 5.92 Å². The Kier molecular flexibility index (Phi) is 2.50. The lowest BCUT2D eigenvalue weighted by Crippen LogP contribution is -2.22. The molecule has 1 heterocycles. The van der Waals surface area contributed by atoms with E-state index in [4.69, 9.17) is 0 Å². The molecule has 1 aliphatic heterocycles. The van der Waals surface area contributed by atoms with Crippen LogP contribution in [0.15, 0.2) is 23.1 Å². The molecule has 1 unspecified atom stereocenters. The van der Waals surface area contributed by atoms with Crippen LogP contribution in [0.25, 0.3) is 0 Å². The number of carbonyl (C=O) groups is 1. The van der Waals surface area contributed by atoms with Crippen molar-refractivity contribution in [3.63, 3.8) is 0 Å². The Balaban J connectivity index is 2.66. The van der Waals surface area contributed by atoms with Gasteiger partial charge in [0.25, 0.3) is 0 Å². The topological polar surface area (TPSA) is 63.2 Å². The molecule has 0 spiro atoms. The third-order valence-electron chi connectivity index (χ3n) is 2.65. The zero-order valence-corrected chi connectivity index (χ0v) is 9.97. The molecule has 0 aliphatic carbocycles. The highest BCUT2D eigenvalue weighted by Gasteiger charge is 2.30. The van der Waals surface area contributed by atoms with Gasteiger partial charge in [0.15, 0.2) is 9.84 Å². The molecule has 86 valence electrons. The molecule has 4 nitrogen and oxygen atoms in total. The summed E-state index contributed by atoms with van der Waals surface area (Å²) in [5.41, 5.74) is 1.26. The van der Waals surface area contributed by atoms with Gasteiger partial charge in [0.05, 0.1) is 16.3 Å². The van der Waals surface area contributed by atoms with Gasteiger partial charge in [-0.3, -0.25) is 4.79 Å². The molecule has 1 atom stereocenters. The Morgan fingerprint density at radius 2 is 2.06 bits per heavy atom. The molecule has 1 amide bonds. The normalized spacial score (nSPS) is 23.1. The lowest BCUT2D eigenvalue weighted by Gasteiger charge is -2.06. The number of benzene rings is 1. The first-order valence-electron chi connectivity index (χ1n) is 5.04. The maximum Gasteiger partial charge on any atom is 0.228 e. The van der Waals surface area contributed by atoms with E-state index in [9.17, 15) is 13.2 Å². The van der Waals surface area contributed by atoms with Crippen molar-refractivity contribution in [2.24, 2.45) is 5.92 Å². The number of hydrogen-bond acceptors (Lipinski definition) is 3. The summed E-state index contributed by atoms with van der Waals surface area (Å²) in [5, 5.41) is 2.64. The number of anilines is 1. The minimum Gasteiger partial charge on any atom is -0.325 e. The number of aryl methyl sites for hydroxylation is 1. The molecule has 0 radical (unpaired) electrons. The Morgan fingerprint density at radius 1 is 1.38 bits per heavy atom. The summed E-state index contributed by atoms with van der Waals surface area (Å²) in [4.78, 5) is 11.8. The summed E-state index contributed by atoms with van der Waals surface area (Å²) in [6, 6.07) is 5.02. The molecule has 1 aromatic rings. The minimum atomic E-state index is -3.37. The zero-order chi connectivity index (χ0) is 11.9. The van der Waals surface area contributed by atoms with Crippen LogP contribution in [0.4, 0.5) is 5.69 Å². The van der Waals surface area contributed by atoms with E-state index in [-0.39, 0.29) is 16.6 Å². The van der Waals surface area contributed by atoms with Crippen LogP contribution in [-0.4, -0.2) is 20.1 Å². The SMILES string of the molecule is Cc1ccc2c(c1)S(=O)(=O)CC(C)C(=O)N2. The lowest BCUT2D eigenvalue weighted by atomic mass is 10.2. The van der Waals surface area contributed by atoms with Gasteiger partial charge in [0.1, 0.15) is 0 Å². The monoisotopic (exact) mass is 239 g/mol. The van der Waals surface area contributed by atoms with Crippen LogP contribution in [0.2, 0.25) is 0 Å². The van der Waals surface area contributed by atoms with E-state index in [1.807, 2.05) is 6.92 Å². The first-order valence-corrected chi connectivity index (χ1v) is 6.69. The van der Waals surface area contributed by atoms with Crippen molar-refractivity contribution in [1.29, 1.82) is 0 Å². The molecule has 16 heavy (non-hydrogen) atoms. The molecule has 1 aromatic carbocycles. The fourth-order valence-electron chi connectivity index (χ4n) is 1.74. The van der Waals surface area contributed by atoms with Gasteiger partial charge < -0.3 is 5.32 Å². The maximum absolute atomic E-state index is 12.0. The van der Waals surface area contributed by atoms with E-state index < -0.39 is 15.8 Å². The van der Waals surface area contributed by atoms with Crippen LogP contribution in [-0.2, 0) is 14.6 Å². The molecule has 0 bridgehead atoms. The molecule has 2 rings (SSSR count). The largest absolute Gasteiger partial charge is 0.325 e. The summed E-state index contributed by atoms with van der Waals surface area (Å²) in [6.07, 6.45) is 0. The highest BCUT2D eigenvalue weighted by atomic mass is 32.2. The Hall–Kier alpha value is -1.36. The summed E-state index contributed by atoms with van der Waals surface area (Å²) < 4.78 is 24.0. The van der Waals surface area contributed by atoms with Crippen molar-refractivity contribution < 1.29 is 13.2 Å². The van der Waals surface area contributed by atoms with E-state index in [1.54, 1.807) is 25.1 Å². The van der Waals surface area contributed by atoms with Gasteiger partial charge >= 0.3 is 0 Å². The number of nitrogens with one attached hydrogen (secondary N) is 1. The van der Waals surface area contributed by atoms with Crippen LogP contribution >= 0.6 is 0 Å². The molecule has 1 N–H and O–H groups in total. The van der Waals surface area contributed by atoms with Crippen molar-refractivity contribution in [3.8, 4) is 0 Å². The first-order chi connectivity index (χ1) is 7.40. The fourth-order valence-corrected chi connectivity index (χ4v) is 3.55. The zero-order valence-electron chi connectivity index (χ0n) is 9.15. The minimum absolute atomic E-state index is 0.130. The smallest absolute Gasteiger partial charge is 0.228 e. The van der Waals surface area contributed by atoms with Gasteiger partial charge in [-0.1, -0.05) is 13.0 Å². The van der Waals surface area contributed by atoms with Crippen molar-refractivity contribution in [2.75, 3.05) is 11.1 Å². The van der Waals surface area contributed by atoms with Gasteiger partial charge in [-0.2, -0.15) is 0 Å². The third kappa shape index (κ3) is 1.82. The fraction of sp³-hybridized carbons (Fsp3) is 0.364. The second kappa shape index (κ2) is 3.59. The Labute approximate surface area is 94.6 Å². The number of fused-ring (bicyclic) bond motifs is 1. The molecule has 1 aliphatic rings. The number of sulfone groups is 1. The van der Waals surface area contributed by atoms with E-state index in [2.05, 4.69) is 5.32 Å². The maximum atomic E-state index is 12.0. The van der Waals surface area contributed by atoms with Crippen LogP contribution in [0.5, 0.6) is 0 Å². The van der Waals surface area contributed by atoms with Gasteiger partial charge in [-0.05, 0) is 24.6 Å². The van der Waals surface area contributed by atoms with Gasteiger partial charge in [0.2, 0.25) is 5.91 Å². The number of amides is 1. The summed E-state index contributed by atoms with van der Waals surface area (Å²) in [7, 11) is -3.37. The highest BCUT2D eigenvalue weighted by Crippen LogP contribution is 2.28. The van der Waals surface area contributed by atoms with Crippen molar-refractivity contribution >= 4 is 21.4 Å². The third-order valence-corrected chi connectivity index (χ3v) is 4.59. The predicted octanol–water partition coefficient (Wildman–Crippen LogP) is 1.36. The summed E-state index contributed by atoms with van der Waals surface area (Å²) in [6.45, 7) is 3.44. The van der Waals surface area contributed by atoms with Crippen LogP contribution in [0, 0.1) is 12.8 Å². The number of hydrogen-bond donors (Lipinski definition) is 1. The Morgan fingerprint density at radius 3 is 2.75 bits per heavy atom. The van der Waals surface area contributed by atoms with Crippen molar-refractivity contribution in [3.05, 3.63) is 23.8 Å². The summed E-state index contributed by atoms with van der Waals surface area (Å²) in [5.74, 6) is -0.890. The standard InChI is InChI=1S/C11H13NO3S/c1-7-3-4-9-10(5-7)16(14,15)6-8(2)11(13)12-9/h3-5,8H,6H2,1-2H3,(H,12,13). The molecule has 0 aromatic heterocycles. The second-order valence-corrected chi connectivity index (χ2v) is 6.17. The van der Waals surface area contributed by atoms with E-state index in [0.717, 1.165) is 5.56 Å². The lowest BCUT2D eigenvalue weighted by molar-refractivity contribution is -0.118. The average molecular weight is 239 g/mol. The van der Waals surface area contributed by atoms with Crippen molar-refractivity contribution in [1.82, 2.24) is 0 Å². The van der Waals surface area contributed by atoms with E-state index in [0.29, 0.717) is 5.69 Å². The van der Waals surface area contributed by atoms with Crippen molar-refractivity contribution in [2.45, 2.75) is 18.7 Å². The summed E-state index contributed by atoms with van der Waals surface area (Å²) >= 11 is 0. The molecule has 0 saturated carbocycles. The molecular weight excluding hydrogens is 226 g/mol. The second-order valence-electron chi connectivity index (χ2n) is 4.17. The molecule has 0 fully saturated rings. The van der Waals surface area contributed by atoms with E-state index in [1.165, 1.54) is 0 Å². The Bertz CT molecular complexity index is 548. The van der Waals surface area contributed by atoms with Gasteiger partial charge in [-0.25, -0.2) is 8.42 Å². The number of carbonyl (C=O) groups excluding carboxylic acids is 1. The van der Waals surface area contributed by atoms with E-state index >= 15 is 0 Å². The highest BCUT2D eigenvalue weighted by molar-refractivity contribution is 7.91. The van der Waals surface area contributed by atoms with Crippen LogP contribution in [0.1, 0.15) is 12.5 Å². The first kappa shape index (κ1) is 11.1. The predicted molar refractivity (Wildman–Crippen MR) is 61.0 cm³/mol. The quantitative estimate of drug-likeness (QED) is 0.743. The molecular formula is C11H13NO3S.